The Kier molecular flexibility index (Phi) is 7.64. The first-order valence-electron chi connectivity index (χ1n) is 11.1. The van der Waals surface area contributed by atoms with Gasteiger partial charge in [0.1, 0.15) is 5.76 Å². The van der Waals surface area contributed by atoms with Crippen molar-refractivity contribution in [2.75, 3.05) is 24.0 Å². The van der Waals surface area contributed by atoms with Crippen molar-refractivity contribution in [3.05, 3.63) is 66.1 Å². The number of nitrogens with zero attached hydrogens (tertiary/aromatic N) is 2. The number of amides is 1. The Balaban J connectivity index is 1.54. The Labute approximate surface area is 195 Å². The number of rotatable bonds is 8. The van der Waals surface area contributed by atoms with Crippen LogP contribution in [0.15, 0.2) is 59.2 Å². The van der Waals surface area contributed by atoms with Crippen molar-refractivity contribution in [3.63, 3.8) is 0 Å². The fourth-order valence-corrected chi connectivity index (χ4v) is 5.10. The molecule has 1 aliphatic heterocycles. The van der Waals surface area contributed by atoms with Crippen molar-refractivity contribution in [2.24, 2.45) is 0 Å². The van der Waals surface area contributed by atoms with Gasteiger partial charge in [-0.2, -0.15) is 0 Å². The molecule has 3 aromatic rings. The van der Waals surface area contributed by atoms with Crippen LogP contribution in [0.2, 0.25) is 0 Å². The van der Waals surface area contributed by atoms with Crippen LogP contribution in [0, 0.1) is 0 Å². The molecule has 1 aromatic heterocycles. The molecule has 1 fully saturated rings. The molecule has 1 N–H and O–H groups in total. The molecule has 4 rings (SSSR count). The van der Waals surface area contributed by atoms with Crippen LogP contribution in [-0.2, 0) is 29.1 Å². The van der Waals surface area contributed by atoms with Gasteiger partial charge in [-0.15, -0.1) is 0 Å². The lowest BCUT2D eigenvalue weighted by molar-refractivity contribution is 0.0976. The molecule has 2 aromatic carbocycles. The van der Waals surface area contributed by atoms with E-state index in [1.807, 2.05) is 48.5 Å². The Bertz CT molecular complexity index is 1100. The zero-order chi connectivity index (χ0) is 23.2. The molecular formula is C24H28N3O5S-. The number of likely N-dealkylation sites (tertiary alicyclic amines) is 1. The smallest absolute Gasteiger partial charge is 0.409 e. The topological polar surface area (TPSA) is 98.1 Å². The predicted molar refractivity (Wildman–Crippen MR) is 126 cm³/mol. The molecule has 1 atom stereocenters. The van der Waals surface area contributed by atoms with Crippen molar-refractivity contribution < 1.29 is 22.7 Å². The first-order chi connectivity index (χ1) is 16.1. The van der Waals surface area contributed by atoms with Crippen LogP contribution in [0.1, 0.15) is 31.1 Å². The highest BCUT2D eigenvalue weighted by atomic mass is 32.2. The number of carbonyl (C=O) groups excluding carboxylic acids is 1. The van der Waals surface area contributed by atoms with Gasteiger partial charge in [0.15, 0.2) is 0 Å². The highest BCUT2D eigenvalue weighted by molar-refractivity contribution is 7.80. The summed E-state index contributed by atoms with van der Waals surface area (Å²) in [6.45, 7) is 4.25. The van der Waals surface area contributed by atoms with Gasteiger partial charge in [-0.1, -0.05) is 30.3 Å². The second-order valence-corrected chi connectivity index (χ2v) is 8.76. The quantitative estimate of drug-likeness (QED) is 0.501. The first-order valence-corrected chi connectivity index (χ1v) is 12.2. The molecule has 0 radical (unpaired) electrons. The summed E-state index contributed by atoms with van der Waals surface area (Å²) in [7, 11) is 0. The number of fused-ring (bicyclic) bond motifs is 1. The minimum absolute atomic E-state index is 0.222. The number of piperidine rings is 1. The van der Waals surface area contributed by atoms with E-state index in [0.717, 1.165) is 22.1 Å². The van der Waals surface area contributed by atoms with E-state index >= 15 is 0 Å². The molecule has 0 saturated carbocycles. The number of hydrogen-bond acceptors (Lipinski definition) is 6. The van der Waals surface area contributed by atoms with E-state index < -0.39 is 11.3 Å². The molecule has 1 saturated heterocycles. The highest BCUT2D eigenvalue weighted by Crippen LogP contribution is 2.33. The maximum Gasteiger partial charge on any atom is 0.409 e. The zero-order valence-electron chi connectivity index (χ0n) is 18.6. The summed E-state index contributed by atoms with van der Waals surface area (Å²) in [6, 6.07) is 15.2. The van der Waals surface area contributed by atoms with Gasteiger partial charge in [-0.25, -0.2) is 4.79 Å². The average molecular weight is 471 g/mol. The van der Waals surface area contributed by atoms with Gasteiger partial charge in [0.25, 0.3) is 0 Å². The fraction of sp³-hybridized carbons (Fsp3) is 0.375. The summed E-state index contributed by atoms with van der Waals surface area (Å²) >= 11 is -2.44. The summed E-state index contributed by atoms with van der Waals surface area (Å²) in [5, 5.41) is 5.26. The number of anilines is 1. The normalized spacial score (nSPS) is 15.5. The lowest BCUT2D eigenvalue weighted by atomic mass is 10.00. The number of hydrogen-bond donors (Lipinski definition) is 1. The Hall–Kier alpha value is -2.88. The van der Waals surface area contributed by atoms with Crippen LogP contribution in [0.25, 0.3) is 10.8 Å². The van der Waals surface area contributed by atoms with E-state index in [-0.39, 0.29) is 12.1 Å². The van der Waals surface area contributed by atoms with Gasteiger partial charge in [0, 0.05) is 42.3 Å². The van der Waals surface area contributed by atoms with E-state index in [9.17, 15) is 13.6 Å². The van der Waals surface area contributed by atoms with Crippen molar-refractivity contribution in [3.8, 4) is 0 Å². The maximum atomic E-state index is 12.3. The van der Waals surface area contributed by atoms with E-state index in [2.05, 4.69) is 5.32 Å². The number of nitrogens with one attached hydrogen (secondary N) is 1. The molecule has 33 heavy (non-hydrogen) atoms. The number of furan rings is 1. The largest absolute Gasteiger partial charge is 0.755 e. The molecule has 8 nitrogen and oxygen atoms in total. The number of ether oxygens (including phenoxy) is 1. The van der Waals surface area contributed by atoms with Gasteiger partial charge in [-0.05, 0) is 48.9 Å². The molecule has 0 aliphatic carbocycles. The predicted octanol–water partition coefficient (Wildman–Crippen LogP) is 3.94. The van der Waals surface area contributed by atoms with E-state index in [4.69, 9.17) is 9.15 Å². The lowest BCUT2D eigenvalue weighted by Crippen LogP contribution is -2.47. The molecule has 0 spiro atoms. The maximum absolute atomic E-state index is 12.3. The van der Waals surface area contributed by atoms with Gasteiger partial charge in [0.2, 0.25) is 0 Å². The number of benzene rings is 2. The van der Waals surface area contributed by atoms with Gasteiger partial charge < -0.3 is 23.9 Å². The summed E-state index contributed by atoms with van der Waals surface area (Å²) in [6.07, 6.45) is 2.40. The molecule has 9 heteroatoms. The Morgan fingerprint density at radius 1 is 1.15 bits per heavy atom. The third-order valence-electron chi connectivity index (χ3n) is 5.91. The molecule has 176 valence electrons. The third-order valence-corrected chi connectivity index (χ3v) is 6.72. The summed E-state index contributed by atoms with van der Waals surface area (Å²) in [4.78, 5) is 13.6. The van der Waals surface area contributed by atoms with Crippen molar-refractivity contribution in [2.45, 2.75) is 38.9 Å². The third kappa shape index (κ3) is 5.38. The van der Waals surface area contributed by atoms with Crippen molar-refractivity contribution >= 4 is 33.8 Å². The van der Waals surface area contributed by atoms with E-state index in [0.29, 0.717) is 51.3 Å². The Morgan fingerprint density at radius 3 is 2.58 bits per heavy atom. The second kappa shape index (κ2) is 10.8. The van der Waals surface area contributed by atoms with E-state index in [1.54, 1.807) is 18.1 Å². The summed E-state index contributed by atoms with van der Waals surface area (Å²) in [5.74, 6) is 0.859. The van der Waals surface area contributed by atoms with E-state index in [1.165, 1.54) is 4.31 Å². The number of carbonyl (C=O) groups is 1. The average Bonchev–Trinajstić information content (AvgIpc) is 3.34. The van der Waals surface area contributed by atoms with Crippen LogP contribution in [-0.4, -0.2) is 45.5 Å². The molecule has 1 amide bonds. The van der Waals surface area contributed by atoms with Crippen LogP contribution in [0.5, 0.6) is 0 Å². The highest BCUT2D eigenvalue weighted by Gasteiger charge is 2.29. The van der Waals surface area contributed by atoms with Crippen LogP contribution in [0.4, 0.5) is 10.5 Å². The molecule has 1 aliphatic rings. The van der Waals surface area contributed by atoms with Crippen molar-refractivity contribution in [1.82, 2.24) is 10.2 Å². The minimum Gasteiger partial charge on any atom is -0.755 e. The second-order valence-electron chi connectivity index (χ2n) is 7.93. The lowest BCUT2D eigenvalue weighted by Gasteiger charge is -2.40. The monoisotopic (exact) mass is 470 g/mol. The molecule has 1 unspecified atom stereocenters. The van der Waals surface area contributed by atoms with Crippen molar-refractivity contribution in [1.29, 1.82) is 0 Å². The SMILES string of the molecule is CCOC(=O)N1CCC(N(c2ccc(CNCc3ccco3)c3ccccc23)S(=O)[O-])CC1. The fourth-order valence-electron chi connectivity index (χ4n) is 4.32. The van der Waals surface area contributed by atoms with Gasteiger partial charge >= 0.3 is 6.09 Å². The standard InChI is InChI=1S/C24H29N3O5S/c1-2-31-24(28)26-13-11-19(12-14-26)27(33(29)30)23-10-9-18(21-7-3-4-8-22(21)23)16-25-17-20-6-5-15-32-20/h3-10,15,19,25H,2,11-14,16-17H2,1H3,(H,29,30)/p-1. The summed E-state index contributed by atoms with van der Waals surface area (Å²) < 4.78 is 36.6. The Morgan fingerprint density at radius 2 is 1.91 bits per heavy atom. The molecule has 2 heterocycles. The van der Waals surface area contributed by atoms with Gasteiger partial charge in [-0.3, -0.25) is 8.51 Å². The minimum atomic E-state index is -2.44. The molecular weight excluding hydrogens is 442 g/mol. The van der Waals surface area contributed by atoms with Gasteiger partial charge in [0.05, 0.1) is 25.1 Å². The summed E-state index contributed by atoms with van der Waals surface area (Å²) in [5.41, 5.74) is 1.73. The first kappa shape index (κ1) is 23.3. The zero-order valence-corrected chi connectivity index (χ0v) is 19.4. The van der Waals surface area contributed by atoms with Crippen LogP contribution >= 0.6 is 0 Å². The molecule has 0 bridgehead atoms. The van der Waals surface area contributed by atoms with Crippen LogP contribution < -0.4 is 9.62 Å². The van der Waals surface area contributed by atoms with Crippen LogP contribution in [0.3, 0.4) is 0 Å².